The minimum Gasteiger partial charge on any atom is -0.481 e. The Morgan fingerprint density at radius 3 is 1.69 bits per heavy atom. The molecule has 10 atom stereocenters. The second-order valence-electron chi connectivity index (χ2n) is 17.1. The third-order valence-corrected chi connectivity index (χ3v) is 11.1. The number of carboxylic acids is 3. The first-order valence-corrected chi connectivity index (χ1v) is 22.9. The van der Waals surface area contributed by atoms with E-state index in [0.717, 1.165) is 6.92 Å². The zero-order valence-electron chi connectivity index (χ0n) is 40.7. The summed E-state index contributed by atoms with van der Waals surface area (Å²) >= 11 is 0. The van der Waals surface area contributed by atoms with Crippen molar-refractivity contribution >= 4 is 88.5 Å². The number of carboxylic acid groups (broad SMARTS) is 3. The Hall–Kier alpha value is -8.28. The van der Waals surface area contributed by atoms with Crippen LogP contribution >= 0.6 is 0 Å². The van der Waals surface area contributed by atoms with E-state index in [-0.39, 0.29) is 30.6 Å². The molecular formula is C44H63N11O19. The number of hydrogen-bond donors (Lipinski definition) is 15. The number of hydrogen-bond acceptors (Lipinski definition) is 18. The van der Waals surface area contributed by atoms with Crippen LogP contribution < -0.4 is 59.3 Å². The molecule has 1 aliphatic rings. The van der Waals surface area contributed by atoms with Gasteiger partial charge >= 0.3 is 23.9 Å². The van der Waals surface area contributed by atoms with Gasteiger partial charge in [0.1, 0.15) is 48.4 Å². The highest BCUT2D eigenvalue weighted by Gasteiger charge is 2.37. The normalized spacial score (nSPS) is 25.5. The Balaban J connectivity index is 2.65. The third-order valence-electron chi connectivity index (χ3n) is 11.1. The lowest BCUT2D eigenvalue weighted by Gasteiger charge is -2.28. The molecular weight excluding hydrogens is 987 g/mol. The molecule has 408 valence electrons. The van der Waals surface area contributed by atoms with Crippen LogP contribution in [0.15, 0.2) is 24.3 Å². The van der Waals surface area contributed by atoms with Crippen molar-refractivity contribution < 1.29 is 92.3 Å². The molecule has 0 aromatic heterocycles. The Labute approximate surface area is 421 Å². The van der Waals surface area contributed by atoms with Gasteiger partial charge in [-0.15, -0.1) is 0 Å². The maximum absolute atomic E-state index is 14.0. The summed E-state index contributed by atoms with van der Waals surface area (Å²) in [4.78, 5) is 183. The van der Waals surface area contributed by atoms with Crippen molar-refractivity contribution in [3.05, 3.63) is 29.8 Å². The lowest BCUT2D eigenvalue weighted by atomic mass is 9.95. The number of benzene rings is 1. The van der Waals surface area contributed by atoms with Crippen molar-refractivity contribution in [3.8, 4) is 0 Å². The summed E-state index contributed by atoms with van der Waals surface area (Å²) in [5, 5.41) is 58.2. The number of rotatable bonds is 14. The molecule has 0 spiro atoms. The number of ketones is 1. The van der Waals surface area contributed by atoms with Crippen LogP contribution in [0, 0.1) is 11.8 Å². The molecule has 0 radical (unpaired) electrons. The Bertz CT molecular complexity index is 2300. The first kappa shape index (κ1) is 61.8. The van der Waals surface area contributed by atoms with Crippen LogP contribution in [-0.2, 0) is 67.1 Å². The average molecular weight is 1050 g/mol. The molecule has 10 unspecified atom stereocenters. The number of esters is 1. The number of aliphatic hydroxyl groups excluding tert-OH is 1. The van der Waals surface area contributed by atoms with Crippen molar-refractivity contribution in [1.82, 2.24) is 47.9 Å². The molecule has 1 aliphatic heterocycles. The van der Waals surface area contributed by atoms with Gasteiger partial charge in [-0.3, -0.25) is 62.3 Å². The number of cyclic esters (lactones) is 1. The highest BCUT2D eigenvalue weighted by molar-refractivity contribution is 6.04. The van der Waals surface area contributed by atoms with E-state index in [0.29, 0.717) is 0 Å². The number of nitrogens with two attached hydrogens (primary N) is 2. The summed E-state index contributed by atoms with van der Waals surface area (Å²) in [6.07, 6.45) is -5.31. The van der Waals surface area contributed by atoms with Crippen LogP contribution in [0.25, 0.3) is 0 Å². The molecule has 17 N–H and O–H groups in total. The first-order chi connectivity index (χ1) is 34.7. The van der Waals surface area contributed by atoms with E-state index in [1.165, 1.54) is 45.0 Å². The highest BCUT2D eigenvalue weighted by Crippen LogP contribution is 2.18. The van der Waals surface area contributed by atoms with Crippen LogP contribution in [-0.4, -0.2) is 178 Å². The topological polar surface area (TPSA) is 489 Å². The van der Waals surface area contributed by atoms with Gasteiger partial charge in [0.2, 0.25) is 53.2 Å². The number of amides is 9. The largest absolute Gasteiger partial charge is 0.481 e. The second-order valence-corrected chi connectivity index (χ2v) is 17.1. The summed E-state index contributed by atoms with van der Waals surface area (Å²) in [6, 6.07) is -7.16. The molecule has 0 bridgehead atoms. The molecule has 74 heavy (non-hydrogen) atoms. The number of aliphatic carboxylic acids is 3. The van der Waals surface area contributed by atoms with E-state index in [1.807, 2.05) is 10.6 Å². The van der Waals surface area contributed by atoms with E-state index in [9.17, 15) is 87.5 Å². The van der Waals surface area contributed by atoms with Gasteiger partial charge in [0.25, 0.3) is 0 Å². The smallest absolute Gasteiger partial charge is 0.329 e. The fraction of sp³-hybridized carbons (Fsp3) is 0.545. The lowest BCUT2D eigenvalue weighted by Crippen LogP contribution is -2.60. The molecule has 0 aliphatic carbocycles. The fourth-order valence-corrected chi connectivity index (χ4v) is 6.81. The molecule has 1 saturated heterocycles. The number of ether oxygens (including phenoxy) is 1. The molecule has 0 saturated carbocycles. The van der Waals surface area contributed by atoms with Gasteiger partial charge in [0.15, 0.2) is 5.78 Å². The van der Waals surface area contributed by atoms with Crippen LogP contribution in [0.3, 0.4) is 0 Å². The van der Waals surface area contributed by atoms with Crippen molar-refractivity contribution in [3.63, 3.8) is 0 Å². The molecule has 2 rings (SSSR count). The standard InChI is InChI=1S/C44H63N11O19/c1-19(12-33(60)61)36-43(72)54-28(13-30(57)23-8-5-6-9-24(23)46)44(73)74-22(4)20(2)37(66)47-16-31(58)50-25(10-7-11-45)40(69)53-27(15-35(64)65)41(70)49-21(3)38(67)52-26(14-34(62)63)39(68)48-17-32(59)51-29(18-56)42(71)55-36/h5-6,8-9,19-22,25-29,36,56H,7,10-18,45-46H2,1-4H3,(H,47,66)(H,48,68)(H,49,70)(H,50,58)(H,51,59)(H,52,67)(H,53,69)(H,54,72)(H,55,71)(H,60,61)(H,62,63)(H,64,65). The number of anilines is 1. The van der Waals surface area contributed by atoms with Crippen LogP contribution in [0.2, 0.25) is 0 Å². The van der Waals surface area contributed by atoms with Gasteiger partial charge in [0, 0.05) is 17.7 Å². The first-order valence-electron chi connectivity index (χ1n) is 22.9. The van der Waals surface area contributed by atoms with Crippen molar-refractivity contribution in [2.75, 3.05) is 32.0 Å². The minimum absolute atomic E-state index is 0.00551. The van der Waals surface area contributed by atoms with E-state index in [1.54, 1.807) is 0 Å². The van der Waals surface area contributed by atoms with Crippen molar-refractivity contribution in [2.24, 2.45) is 17.6 Å². The molecule has 1 aromatic carbocycles. The summed E-state index contributed by atoms with van der Waals surface area (Å²) in [6.45, 7) is 1.71. The molecule has 30 nitrogen and oxygen atoms in total. The summed E-state index contributed by atoms with van der Waals surface area (Å²) < 4.78 is 5.51. The fourth-order valence-electron chi connectivity index (χ4n) is 6.81. The predicted molar refractivity (Wildman–Crippen MR) is 251 cm³/mol. The Kier molecular flexibility index (Phi) is 25.0. The Morgan fingerprint density at radius 2 is 1.14 bits per heavy atom. The van der Waals surface area contributed by atoms with Gasteiger partial charge in [0.05, 0.1) is 44.9 Å². The van der Waals surface area contributed by atoms with E-state index in [2.05, 4.69) is 37.2 Å². The van der Waals surface area contributed by atoms with E-state index in [4.69, 9.17) is 16.2 Å². The molecule has 9 amide bonds. The zero-order valence-corrected chi connectivity index (χ0v) is 40.7. The number of para-hydroxylation sites is 1. The average Bonchev–Trinajstić information content (AvgIpc) is 3.32. The SMILES string of the molecule is CC1NC(=O)C(CC(=O)O)NC(=O)C(CCCN)NC(=O)CNC(=O)C(C)C(C)OC(=O)C(CC(=O)c2ccccc2N)NC(=O)C(C(C)CC(=O)O)NC(=O)C(CO)NC(=O)CNC(=O)C(CC(=O)O)NC1=O. The predicted octanol–water partition coefficient (Wildman–Crippen LogP) is -6.14. The number of carbonyl (C=O) groups excluding carboxylic acids is 11. The molecule has 1 heterocycles. The van der Waals surface area contributed by atoms with E-state index < -0.39 is 188 Å². The quantitative estimate of drug-likeness (QED) is 0.0468. The van der Waals surface area contributed by atoms with Crippen LogP contribution in [0.1, 0.15) is 76.6 Å². The number of Topliss-reactive ketones (excluding diaryl/α,β-unsaturated/α-hetero) is 1. The van der Waals surface area contributed by atoms with Gasteiger partial charge in [-0.2, -0.15) is 0 Å². The van der Waals surface area contributed by atoms with Gasteiger partial charge in [-0.05, 0) is 51.3 Å². The van der Waals surface area contributed by atoms with Gasteiger partial charge < -0.3 is 84.5 Å². The van der Waals surface area contributed by atoms with E-state index >= 15 is 0 Å². The van der Waals surface area contributed by atoms with Crippen molar-refractivity contribution in [2.45, 2.75) is 115 Å². The lowest BCUT2D eigenvalue weighted by molar-refractivity contribution is -0.156. The third kappa shape index (κ3) is 20.4. The van der Waals surface area contributed by atoms with Crippen LogP contribution in [0.5, 0.6) is 0 Å². The summed E-state index contributed by atoms with van der Waals surface area (Å²) in [5.74, 6) is -20.1. The maximum atomic E-state index is 14.0. The number of nitrogen functional groups attached to an aromatic ring is 1. The summed E-state index contributed by atoms with van der Waals surface area (Å²) in [5.41, 5.74) is 11.5. The zero-order chi connectivity index (χ0) is 56.0. The highest BCUT2D eigenvalue weighted by atomic mass is 16.5. The van der Waals surface area contributed by atoms with Crippen LogP contribution in [0.4, 0.5) is 5.69 Å². The molecule has 1 fully saturated rings. The second kappa shape index (κ2) is 29.9. The molecule has 30 heteroatoms. The van der Waals surface area contributed by atoms with Gasteiger partial charge in [-0.25, -0.2) is 4.79 Å². The number of carbonyl (C=O) groups is 14. The summed E-state index contributed by atoms with van der Waals surface area (Å²) in [7, 11) is 0. The van der Waals surface area contributed by atoms with Crippen molar-refractivity contribution in [1.29, 1.82) is 0 Å². The monoisotopic (exact) mass is 1050 g/mol. The molecule has 1 aromatic rings. The number of nitrogens with one attached hydrogen (secondary N) is 9. The van der Waals surface area contributed by atoms with Gasteiger partial charge in [-0.1, -0.05) is 26.0 Å². The number of aliphatic hydroxyl groups is 1. The Morgan fingerprint density at radius 1 is 0.622 bits per heavy atom. The minimum atomic E-state index is -1.96. The maximum Gasteiger partial charge on any atom is 0.329 e.